The second-order valence-electron chi connectivity index (χ2n) is 8.60. The van der Waals surface area contributed by atoms with Gasteiger partial charge in [0.05, 0.1) is 22.9 Å². The van der Waals surface area contributed by atoms with Gasteiger partial charge in [-0.25, -0.2) is 0 Å². The first kappa shape index (κ1) is 16.3. The fourth-order valence-corrected chi connectivity index (χ4v) is 4.34. The Balaban J connectivity index is 1.98. The van der Waals surface area contributed by atoms with Crippen molar-refractivity contribution in [2.75, 3.05) is 0 Å². The maximum atomic E-state index is 6.73. The molecule has 4 bridgehead atoms. The Morgan fingerprint density at radius 1 is 1.00 bits per heavy atom. The van der Waals surface area contributed by atoms with Gasteiger partial charge < -0.3 is 9.47 Å². The van der Waals surface area contributed by atoms with Crippen LogP contribution in [0.25, 0.3) is 0 Å². The zero-order valence-corrected chi connectivity index (χ0v) is 14.9. The number of hydrogen-bond donors (Lipinski definition) is 0. The monoisotopic (exact) mass is 304 g/mol. The summed E-state index contributed by atoms with van der Waals surface area (Å²) in [5, 5.41) is 0. The molecular weight excluding hydrogens is 272 g/mol. The summed E-state index contributed by atoms with van der Waals surface area (Å²) in [7, 11) is 0. The fourth-order valence-electron chi connectivity index (χ4n) is 4.34. The van der Waals surface area contributed by atoms with E-state index in [1.807, 2.05) is 0 Å². The highest BCUT2D eigenvalue weighted by molar-refractivity contribution is 5.15. The highest BCUT2D eigenvalue weighted by Crippen LogP contribution is 2.45. The van der Waals surface area contributed by atoms with Gasteiger partial charge in [0.25, 0.3) is 0 Å². The molecule has 22 heavy (non-hydrogen) atoms. The molecule has 3 aliphatic rings. The molecule has 3 heterocycles. The molecule has 1 fully saturated rings. The van der Waals surface area contributed by atoms with Crippen molar-refractivity contribution in [1.29, 1.82) is 0 Å². The average molecular weight is 304 g/mol. The van der Waals surface area contributed by atoms with E-state index in [1.54, 1.807) is 0 Å². The van der Waals surface area contributed by atoms with Crippen LogP contribution in [0.2, 0.25) is 0 Å². The van der Waals surface area contributed by atoms with Crippen molar-refractivity contribution in [2.24, 2.45) is 11.8 Å². The van der Waals surface area contributed by atoms with Crippen molar-refractivity contribution in [3.05, 3.63) is 24.3 Å². The van der Waals surface area contributed by atoms with Crippen molar-refractivity contribution in [1.82, 2.24) is 0 Å². The average Bonchev–Trinajstić information content (AvgIpc) is 2.80. The normalized spacial score (nSPS) is 48.5. The number of ether oxygens (including phenoxy) is 2. The van der Waals surface area contributed by atoms with Gasteiger partial charge in [0.2, 0.25) is 0 Å². The Morgan fingerprint density at radius 2 is 1.77 bits per heavy atom. The van der Waals surface area contributed by atoms with Crippen LogP contribution in [0.1, 0.15) is 66.7 Å². The molecule has 124 valence electrons. The van der Waals surface area contributed by atoms with E-state index < -0.39 is 0 Å². The summed E-state index contributed by atoms with van der Waals surface area (Å²) < 4.78 is 13.2. The van der Waals surface area contributed by atoms with Crippen LogP contribution >= 0.6 is 0 Å². The first-order valence-electron chi connectivity index (χ1n) is 8.99. The smallest absolute Gasteiger partial charge is 0.0927 e. The lowest BCUT2D eigenvalue weighted by Gasteiger charge is -2.44. The van der Waals surface area contributed by atoms with E-state index in [9.17, 15) is 0 Å². The Kier molecular flexibility index (Phi) is 4.06. The van der Waals surface area contributed by atoms with Gasteiger partial charge in [-0.3, -0.25) is 0 Å². The second-order valence-corrected chi connectivity index (χ2v) is 8.60. The number of allylic oxidation sites excluding steroid dienone is 1. The molecule has 1 saturated heterocycles. The predicted molar refractivity (Wildman–Crippen MR) is 90.9 cm³/mol. The molecule has 0 aromatic carbocycles. The number of hydrogen-bond acceptors (Lipinski definition) is 2. The lowest BCUT2D eigenvalue weighted by atomic mass is 9.80. The van der Waals surface area contributed by atoms with Crippen LogP contribution in [0.15, 0.2) is 24.3 Å². The van der Waals surface area contributed by atoms with E-state index in [2.05, 4.69) is 58.9 Å². The van der Waals surface area contributed by atoms with Crippen molar-refractivity contribution in [3.63, 3.8) is 0 Å². The van der Waals surface area contributed by atoms with Crippen molar-refractivity contribution in [2.45, 2.75) is 89.6 Å². The third-order valence-electron chi connectivity index (χ3n) is 5.98. The van der Waals surface area contributed by atoms with Gasteiger partial charge in [-0.05, 0) is 64.7 Å². The van der Waals surface area contributed by atoms with Gasteiger partial charge in [-0.15, -0.1) is 0 Å². The molecule has 0 aromatic rings. The molecule has 0 spiro atoms. The van der Waals surface area contributed by atoms with E-state index in [0.717, 1.165) is 25.7 Å². The summed E-state index contributed by atoms with van der Waals surface area (Å²) in [6, 6.07) is 0. The molecule has 5 atom stereocenters. The van der Waals surface area contributed by atoms with Crippen LogP contribution < -0.4 is 0 Å². The van der Waals surface area contributed by atoms with Gasteiger partial charge >= 0.3 is 0 Å². The van der Waals surface area contributed by atoms with Crippen molar-refractivity contribution < 1.29 is 9.47 Å². The van der Waals surface area contributed by atoms with Crippen LogP contribution in [0.5, 0.6) is 0 Å². The zero-order chi connectivity index (χ0) is 16.0. The minimum Gasteiger partial charge on any atom is -0.365 e. The minimum atomic E-state index is -0.219. The quantitative estimate of drug-likeness (QED) is 0.632. The first-order valence-corrected chi connectivity index (χ1v) is 8.99. The van der Waals surface area contributed by atoms with Crippen molar-refractivity contribution in [3.8, 4) is 0 Å². The molecule has 2 nitrogen and oxygen atoms in total. The van der Waals surface area contributed by atoms with Crippen LogP contribution in [0.3, 0.4) is 0 Å². The summed E-state index contributed by atoms with van der Waals surface area (Å²) in [5.74, 6) is 1.32. The molecule has 3 aliphatic heterocycles. The van der Waals surface area contributed by atoms with Crippen LogP contribution in [0, 0.1) is 11.8 Å². The van der Waals surface area contributed by atoms with Gasteiger partial charge in [0, 0.05) is 0 Å². The van der Waals surface area contributed by atoms with Crippen LogP contribution in [-0.4, -0.2) is 22.9 Å². The molecule has 2 heteroatoms. The molecule has 3 rings (SSSR count). The third kappa shape index (κ3) is 3.05. The molecule has 0 radical (unpaired) electrons. The zero-order valence-electron chi connectivity index (χ0n) is 14.9. The lowest BCUT2D eigenvalue weighted by molar-refractivity contribution is -0.189. The first-order chi connectivity index (χ1) is 10.2. The van der Waals surface area contributed by atoms with Gasteiger partial charge in [0.1, 0.15) is 0 Å². The molecule has 0 aliphatic carbocycles. The Morgan fingerprint density at radius 3 is 2.50 bits per heavy atom. The van der Waals surface area contributed by atoms with Gasteiger partial charge in [0.15, 0.2) is 0 Å². The fraction of sp³-hybridized carbons (Fsp3) is 0.800. The van der Waals surface area contributed by atoms with E-state index in [1.165, 1.54) is 6.42 Å². The van der Waals surface area contributed by atoms with Gasteiger partial charge in [-0.2, -0.15) is 0 Å². The number of rotatable bonds is 1. The minimum absolute atomic E-state index is 0.101. The van der Waals surface area contributed by atoms with Crippen LogP contribution in [0.4, 0.5) is 0 Å². The number of fused-ring (bicyclic) bond motifs is 5. The maximum Gasteiger partial charge on any atom is 0.0927 e. The molecule has 0 saturated carbocycles. The predicted octanol–water partition coefficient (Wildman–Crippen LogP) is 5.04. The third-order valence-corrected chi connectivity index (χ3v) is 5.98. The van der Waals surface area contributed by atoms with Crippen molar-refractivity contribution >= 4 is 0 Å². The molecule has 0 N–H and O–H groups in total. The highest BCUT2D eigenvalue weighted by atomic mass is 16.6. The Hall–Kier alpha value is -0.600. The van der Waals surface area contributed by atoms with Crippen LogP contribution in [-0.2, 0) is 9.47 Å². The van der Waals surface area contributed by atoms with E-state index in [4.69, 9.17) is 9.47 Å². The highest BCUT2D eigenvalue weighted by Gasteiger charge is 2.49. The Labute approximate surface area is 136 Å². The maximum absolute atomic E-state index is 6.73. The summed E-state index contributed by atoms with van der Waals surface area (Å²) in [6.45, 7) is 11.4. The summed E-state index contributed by atoms with van der Waals surface area (Å²) in [5.41, 5.74) is -0.505. The van der Waals surface area contributed by atoms with E-state index >= 15 is 0 Å². The molecule has 0 amide bonds. The SMILES string of the molecule is CC(C)[C@H]1C=C[C@@]2(C)CC=C[C@]3(C)CC[C@@H](O3)[C@](C)(CC1)O2. The summed E-state index contributed by atoms with van der Waals surface area (Å²) >= 11 is 0. The molecule has 0 unspecified atom stereocenters. The largest absolute Gasteiger partial charge is 0.365 e. The summed E-state index contributed by atoms with van der Waals surface area (Å²) in [4.78, 5) is 0. The lowest BCUT2D eigenvalue weighted by Crippen LogP contribution is -2.49. The molecule has 0 aromatic heterocycles. The van der Waals surface area contributed by atoms with E-state index in [0.29, 0.717) is 11.8 Å². The Bertz CT molecular complexity index is 480. The van der Waals surface area contributed by atoms with Gasteiger partial charge in [-0.1, -0.05) is 38.2 Å². The van der Waals surface area contributed by atoms with E-state index in [-0.39, 0.29) is 22.9 Å². The molecular formula is C20H32O2. The second kappa shape index (κ2) is 5.49. The standard InChI is InChI=1S/C20H32O2/c1-15(2)16-7-12-19(4)11-6-10-18(3)13-9-17(21-18)20(5,22-19)14-8-16/h6-7,10,12,15-17H,8-9,11,13-14H2,1-5H3/t16-,17+,18+,19+,20-/m0/s1. The topological polar surface area (TPSA) is 18.5 Å². The summed E-state index contributed by atoms with van der Waals surface area (Å²) in [6.07, 6.45) is 14.9.